The molecule has 1 fully saturated rings. The van der Waals surface area contributed by atoms with Crippen molar-refractivity contribution in [2.45, 2.75) is 45.4 Å². The van der Waals surface area contributed by atoms with Crippen LogP contribution in [-0.4, -0.2) is 26.7 Å². The number of hydrogen-bond acceptors (Lipinski definition) is 4. The van der Waals surface area contributed by atoms with E-state index in [-0.39, 0.29) is 5.91 Å². The molecule has 0 atom stereocenters. The first-order valence-electron chi connectivity index (χ1n) is 10.5. The van der Waals surface area contributed by atoms with Crippen LogP contribution in [0.1, 0.15) is 54.4 Å². The van der Waals surface area contributed by atoms with E-state index in [1.807, 2.05) is 43.3 Å². The highest BCUT2D eigenvalue weighted by Crippen LogP contribution is 2.32. The van der Waals surface area contributed by atoms with Gasteiger partial charge in [-0.25, -0.2) is 0 Å². The fourth-order valence-electron chi connectivity index (χ4n) is 3.94. The Kier molecular flexibility index (Phi) is 7.39. The molecule has 2 aromatic carbocycles. The lowest BCUT2D eigenvalue weighted by Crippen LogP contribution is -2.26. The maximum absolute atomic E-state index is 12.6. The number of ether oxygens (including phenoxy) is 2. The van der Waals surface area contributed by atoms with Crippen LogP contribution in [0, 0.1) is 12.8 Å². The van der Waals surface area contributed by atoms with Crippen molar-refractivity contribution < 1.29 is 14.3 Å². The summed E-state index contributed by atoms with van der Waals surface area (Å²) >= 11 is 0. The molecule has 2 N–H and O–H groups in total. The number of hydrogen-bond donors (Lipinski definition) is 2. The van der Waals surface area contributed by atoms with Crippen molar-refractivity contribution in [3.8, 4) is 11.5 Å². The molecular weight excluding hydrogens is 364 g/mol. The maximum atomic E-state index is 12.6. The van der Waals surface area contributed by atoms with Gasteiger partial charge in [0.05, 0.1) is 14.2 Å². The van der Waals surface area contributed by atoms with Crippen molar-refractivity contribution in [2.75, 3.05) is 26.1 Å². The number of methoxy groups -OCH3 is 2. The van der Waals surface area contributed by atoms with Crippen LogP contribution in [0.5, 0.6) is 11.5 Å². The van der Waals surface area contributed by atoms with Gasteiger partial charge in [0, 0.05) is 29.5 Å². The van der Waals surface area contributed by atoms with Crippen LogP contribution in [0.2, 0.25) is 0 Å². The van der Waals surface area contributed by atoms with E-state index in [2.05, 4.69) is 10.6 Å². The molecule has 0 spiro atoms. The number of benzene rings is 2. The number of carbonyl (C=O) groups is 1. The Bertz CT molecular complexity index is 829. The molecule has 3 rings (SSSR count). The molecule has 1 saturated carbocycles. The minimum Gasteiger partial charge on any atom is -0.493 e. The molecule has 5 nitrogen and oxygen atoms in total. The number of nitrogens with one attached hydrogen (secondary N) is 2. The Hall–Kier alpha value is -2.69. The van der Waals surface area contributed by atoms with E-state index in [1.54, 1.807) is 14.2 Å². The Morgan fingerprint density at radius 3 is 2.48 bits per heavy atom. The molecule has 0 aliphatic heterocycles. The molecule has 1 amide bonds. The first kappa shape index (κ1) is 21.0. The number of anilines is 2. The molecule has 0 saturated heterocycles. The van der Waals surface area contributed by atoms with Gasteiger partial charge in [-0.15, -0.1) is 0 Å². The van der Waals surface area contributed by atoms with Gasteiger partial charge in [-0.05, 0) is 49.1 Å². The van der Waals surface area contributed by atoms with Crippen molar-refractivity contribution in [3.05, 3.63) is 47.5 Å². The third-order valence-electron chi connectivity index (χ3n) is 5.73. The highest BCUT2D eigenvalue weighted by Gasteiger charge is 2.14. The first-order valence-corrected chi connectivity index (χ1v) is 10.5. The van der Waals surface area contributed by atoms with Crippen molar-refractivity contribution in [1.82, 2.24) is 5.32 Å². The van der Waals surface area contributed by atoms with E-state index in [4.69, 9.17) is 9.47 Å². The summed E-state index contributed by atoms with van der Waals surface area (Å²) in [6, 6.07) is 11.4. The third kappa shape index (κ3) is 5.66. The minimum atomic E-state index is -0.0174. The second-order valence-corrected chi connectivity index (χ2v) is 7.77. The molecule has 156 valence electrons. The Balaban J connectivity index is 1.63. The molecule has 0 heterocycles. The SMILES string of the molecule is COc1ccc(Nc2cc(C(=O)NCCC3CCCCC3)ccc2C)cc1OC. The lowest BCUT2D eigenvalue weighted by Gasteiger charge is -2.21. The molecule has 0 bridgehead atoms. The zero-order chi connectivity index (χ0) is 20.6. The molecule has 2 aromatic rings. The van der Waals surface area contributed by atoms with Gasteiger partial charge >= 0.3 is 0 Å². The zero-order valence-corrected chi connectivity index (χ0v) is 17.7. The normalized spacial score (nSPS) is 14.3. The smallest absolute Gasteiger partial charge is 0.251 e. The van der Waals surface area contributed by atoms with E-state index in [1.165, 1.54) is 32.1 Å². The highest BCUT2D eigenvalue weighted by atomic mass is 16.5. The molecule has 5 heteroatoms. The summed E-state index contributed by atoms with van der Waals surface area (Å²) in [7, 11) is 3.23. The lowest BCUT2D eigenvalue weighted by atomic mass is 9.87. The Morgan fingerprint density at radius 1 is 1.00 bits per heavy atom. The van der Waals surface area contributed by atoms with Crippen molar-refractivity contribution in [1.29, 1.82) is 0 Å². The highest BCUT2D eigenvalue weighted by molar-refractivity contribution is 5.95. The maximum Gasteiger partial charge on any atom is 0.251 e. The van der Waals surface area contributed by atoms with Gasteiger partial charge in [0.2, 0.25) is 0 Å². The second-order valence-electron chi connectivity index (χ2n) is 7.77. The summed E-state index contributed by atoms with van der Waals surface area (Å²) in [6.07, 6.45) is 7.72. The van der Waals surface area contributed by atoms with Crippen LogP contribution in [0.25, 0.3) is 0 Å². The molecule has 0 radical (unpaired) electrons. The summed E-state index contributed by atoms with van der Waals surface area (Å²) in [6.45, 7) is 2.77. The number of amides is 1. The first-order chi connectivity index (χ1) is 14.1. The van der Waals surface area contributed by atoms with E-state index in [0.717, 1.165) is 35.8 Å². The average molecular weight is 397 g/mol. The topological polar surface area (TPSA) is 59.6 Å². The van der Waals surface area contributed by atoms with Gasteiger partial charge in [0.15, 0.2) is 11.5 Å². The number of carbonyl (C=O) groups excluding carboxylic acids is 1. The Labute approximate surface area is 173 Å². The van der Waals surface area contributed by atoms with Gasteiger partial charge in [-0.2, -0.15) is 0 Å². The second kappa shape index (κ2) is 10.2. The summed E-state index contributed by atoms with van der Waals surface area (Å²) in [5.41, 5.74) is 3.51. The standard InChI is InChI=1S/C24H32N2O3/c1-17-9-10-19(24(27)25-14-13-18-7-5-4-6-8-18)15-21(17)26-20-11-12-22(28-2)23(16-20)29-3/h9-12,15-16,18,26H,4-8,13-14H2,1-3H3,(H,25,27). The van der Waals surface area contributed by atoms with Crippen LogP contribution in [0.15, 0.2) is 36.4 Å². The fourth-order valence-corrected chi connectivity index (χ4v) is 3.94. The zero-order valence-electron chi connectivity index (χ0n) is 17.7. The van der Waals surface area contributed by atoms with Gasteiger partial charge in [-0.1, -0.05) is 38.2 Å². The molecule has 0 unspecified atom stereocenters. The summed E-state index contributed by atoms with van der Waals surface area (Å²) in [5.74, 6) is 2.09. The number of aryl methyl sites for hydroxylation is 1. The monoisotopic (exact) mass is 396 g/mol. The third-order valence-corrected chi connectivity index (χ3v) is 5.73. The summed E-state index contributed by atoms with van der Waals surface area (Å²) < 4.78 is 10.7. The van der Waals surface area contributed by atoms with Gasteiger partial charge in [0.25, 0.3) is 5.91 Å². The van der Waals surface area contributed by atoms with Crippen LogP contribution in [-0.2, 0) is 0 Å². The van der Waals surface area contributed by atoms with Gasteiger partial charge < -0.3 is 20.1 Å². The van der Waals surface area contributed by atoms with Crippen molar-refractivity contribution >= 4 is 17.3 Å². The van der Waals surface area contributed by atoms with Crippen LogP contribution >= 0.6 is 0 Å². The van der Waals surface area contributed by atoms with Crippen molar-refractivity contribution in [2.24, 2.45) is 5.92 Å². The molecular formula is C24H32N2O3. The van der Waals surface area contributed by atoms with Crippen LogP contribution < -0.4 is 20.1 Å². The van der Waals surface area contributed by atoms with E-state index >= 15 is 0 Å². The van der Waals surface area contributed by atoms with E-state index in [9.17, 15) is 4.79 Å². The predicted octanol–water partition coefficient (Wildman–Crippen LogP) is 5.46. The number of rotatable bonds is 8. The molecule has 1 aliphatic rings. The lowest BCUT2D eigenvalue weighted by molar-refractivity contribution is 0.0950. The minimum absolute atomic E-state index is 0.0174. The summed E-state index contributed by atoms with van der Waals surface area (Å²) in [4.78, 5) is 12.6. The van der Waals surface area contributed by atoms with Gasteiger partial charge in [0.1, 0.15) is 0 Å². The quantitative estimate of drug-likeness (QED) is 0.622. The molecule has 0 aromatic heterocycles. The van der Waals surface area contributed by atoms with E-state index < -0.39 is 0 Å². The Morgan fingerprint density at radius 2 is 1.76 bits per heavy atom. The van der Waals surface area contributed by atoms with Gasteiger partial charge in [-0.3, -0.25) is 4.79 Å². The predicted molar refractivity (Wildman–Crippen MR) is 118 cm³/mol. The summed E-state index contributed by atoms with van der Waals surface area (Å²) in [5, 5.41) is 6.47. The molecule has 29 heavy (non-hydrogen) atoms. The average Bonchev–Trinajstić information content (AvgIpc) is 2.75. The largest absolute Gasteiger partial charge is 0.493 e. The van der Waals surface area contributed by atoms with Crippen LogP contribution in [0.4, 0.5) is 11.4 Å². The molecule has 1 aliphatic carbocycles. The van der Waals surface area contributed by atoms with Crippen LogP contribution in [0.3, 0.4) is 0 Å². The van der Waals surface area contributed by atoms with Crippen molar-refractivity contribution in [3.63, 3.8) is 0 Å². The fraction of sp³-hybridized carbons (Fsp3) is 0.458. The van der Waals surface area contributed by atoms with E-state index in [0.29, 0.717) is 17.1 Å².